The highest BCUT2D eigenvalue weighted by molar-refractivity contribution is 5.42. The zero-order chi connectivity index (χ0) is 19.1. The molecule has 0 amide bonds. The molecular weight excluding hydrogens is 328 g/mol. The van der Waals surface area contributed by atoms with Crippen molar-refractivity contribution in [2.45, 2.75) is 52.1 Å². The average Bonchev–Trinajstić information content (AvgIpc) is 3.22. The fraction of sp³-hybridized carbons (Fsp3) is 0.462. The molecule has 0 saturated heterocycles. The Balaban J connectivity index is 1.87. The lowest BCUT2D eigenvalue weighted by atomic mass is 9.66. The van der Waals surface area contributed by atoms with E-state index in [0.717, 1.165) is 17.5 Å². The van der Waals surface area contributed by atoms with Gasteiger partial charge in [-0.1, -0.05) is 99.5 Å². The van der Waals surface area contributed by atoms with Crippen LogP contribution in [0, 0.1) is 23.2 Å². The van der Waals surface area contributed by atoms with Crippen molar-refractivity contribution in [2.75, 3.05) is 0 Å². The molecule has 1 nitrogen and oxygen atoms in total. The molecule has 0 aliphatic heterocycles. The summed E-state index contributed by atoms with van der Waals surface area (Å²) in [6, 6.07) is 20.7. The SMILES string of the molecule is CC(C)(C)CC1=C[C@H]2CCC[C@H]2[C@@H]1C(O)(c1ccccc1)c1ccccc1. The Labute approximate surface area is 164 Å². The number of allylic oxidation sites excluding steroid dienone is 1. The first-order valence-electron chi connectivity index (χ1n) is 10.4. The fourth-order valence-corrected chi connectivity index (χ4v) is 5.56. The van der Waals surface area contributed by atoms with Gasteiger partial charge in [0, 0.05) is 5.92 Å². The van der Waals surface area contributed by atoms with Gasteiger partial charge in [-0.15, -0.1) is 0 Å². The number of rotatable bonds is 4. The van der Waals surface area contributed by atoms with E-state index in [0.29, 0.717) is 11.8 Å². The highest BCUT2D eigenvalue weighted by Crippen LogP contribution is 2.57. The molecule has 0 heterocycles. The summed E-state index contributed by atoms with van der Waals surface area (Å²) < 4.78 is 0. The maximum absolute atomic E-state index is 12.4. The van der Waals surface area contributed by atoms with Crippen LogP contribution in [0.5, 0.6) is 0 Å². The van der Waals surface area contributed by atoms with E-state index in [-0.39, 0.29) is 11.3 Å². The molecule has 2 aromatic rings. The Morgan fingerprint density at radius 1 is 0.852 bits per heavy atom. The van der Waals surface area contributed by atoms with Gasteiger partial charge in [0.05, 0.1) is 0 Å². The molecule has 0 unspecified atom stereocenters. The minimum atomic E-state index is -0.969. The summed E-state index contributed by atoms with van der Waals surface area (Å²) >= 11 is 0. The Morgan fingerprint density at radius 3 is 1.93 bits per heavy atom. The molecule has 2 aliphatic carbocycles. The van der Waals surface area contributed by atoms with Crippen molar-refractivity contribution in [3.05, 3.63) is 83.4 Å². The normalized spacial score (nSPS) is 25.3. The monoisotopic (exact) mass is 360 g/mol. The maximum Gasteiger partial charge on any atom is 0.121 e. The van der Waals surface area contributed by atoms with Crippen molar-refractivity contribution in [1.29, 1.82) is 0 Å². The van der Waals surface area contributed by atoms with Gasteiger partial charge >= 0.3 is 0 Å². The van der Waals surface area contributed by atoms with Gasteiger partial charge in [-0.25, -0.2) is 0 Å². The van der Waals surface area contributed by atoms with Gasteiger partial charge in [0.25, 0.3) is 0 Å². The van der Waals surface area contributed by atoms with Crippen LogP contribution in [0.1, 0.15) is 57.6 Å². The van der Waals surface area contributed by atoms with Crippen molar-refractivity contribution < 1.29 is 5.11 Å². The largest absolute Gasteiger partial charge is 0.380 e. The van der Waals surface area contributed by atoms with Crippen LogP contribution < -0.4 is 0 Å². The lowest BCUT2D eigenvalue weighted by Gasteiger charge is -2.41. The summed E-state index contributed by atoms with van der Waals surface area (Å²) in [4.78, 5) is 0. The summed E-state index contributed by atoms with van der Waals surface area (Å²) in [5, 5.41) is 12.4. The Morgan fingerprint density at radius 2 is 1.41 bits per heavy atom. The molecule has 2 aromatic carbocycles. The summed E-state index contributed by atoms with van der Waals surface area (Å²) in [6.45, 7) is 6.93. The number of fused-ring (bicyclic) bond motifs is 1. The summed E-state index contributed by atoms with van der Waals surface area (Å²) in [5.74, 6) is 1.34. The van der Waals surface area contributed by atoms with E-state index in [1.54, 1.807) is 0 Å². The molecule has 27 heavy (non-hydrogen) atoms. The summed E-state index contributed by atoms with van der Waals surface area (Å²) in [7, 11) is 0. The number of hydrogen-bond acceptors (Lipinski definition) is 1. The minimum Gasteiger partial charge on any atom is -0.380 e. The molecule has 0 aromatic heterocycles. The van der Waals surface area contributed by atoms with E-state index in [1.165, 1.54) is 24.8 Å². The van der Waals surface area contributed by atoms with Crippen LogP contribution in [-0.4, -0.2) is 5.11 Å². The Hall–Kier alpha value is -1.86. The fourth-order valence-electron chi connectivity index (χ4n) is 5.56. The molecule has 4 rings (SSSR count). The standard InChI is InChI=1S/C26H32O/c1-25(2,3)18-20-17-19-11-10-16-23(19)24(20)26(27,21-12-6-4-7-13-21)22-14-8-5-9-15-22/h4-9,12-15,17,19,23-24,27H,10-11,16,18H2,1-3H3/t19-,23-,24-/m1/s1. The highest BCUT2D eigenvalue weighted by atomic mass is 16.3. The van der Waals surface area contributed by atoms with Crippen LogP contribution in [0.4, 0.5) is 0 Å². The van der Waals surface area contributed by atoms with Crippen LogP contribution in [0.3, 0.4) is 0 Å². The zero-order valence-corrected chi connectivity index (χ0v) is 16.9. The van der Waals surface area contributed by atoms with E-state index in [2.05, 4.69) is 75.4 Å². The Bertz CT molecular complexity index is 758. The smallest absolute Gasteiger partial charge is 0.121 e. The summed E-state index contributed by atoms with van der Waals surface area (Å²) in [5.41, 5.74) is 2.76. The second-order valence-corrected chi connectivity index (χ2v) is 9.71. The van der Waals surface area contributed by atoms with Gasteiger partial charge in [0.1, 0.15) is 5.60 Å². The zero-order valence-electron chi connectivity index (χ0n) is 16.9. The van der Waals surface area contributed by atoms with E-state index in [1.807, 2.05) is 12.1 Å². The number of hydrogen-bond donors (Lipinski definition) is 1. The molecule has 2 aliphatic rings. The molecule has 0 spiro atoms. The first-order valence-corrected chi connectivity index (χ1v) is 10.4. The molecule has 142 valence electrons. The van der Waals surface area contributed by atoms with Crippen LogP contribution in [0.15, 0.2) is 72.3 Å². The molecular formula is C26H32O. The van der Waals surface area contributed by atoms with Crippen LogP contribution in [-0.2, 0) is 5.60 Å². The van der Waals surface area contributed by atoms with Gasteiger partial charge < -0.3 is 5.11 Å². The third-order valence-corrected chi connectivity index (χ3v) is 6.49. The molecule has 1 N–H and O–H groups in total. The topological polar surface area (TPSA) is 20.2 Å². The van der Waals surface area contributed by atoms with Gasteiger partial charge in [-0.2, -0.15) is 0 Å². The molecule has 1 heteroatoms. The lowest BCUT2D eigenvalue weighted by molar-refractivity contribution is 0.00501. The molecule has 3 atom stereocenters. The second-order valence-electron chi connectivity index (χ2n) is 9.71. The van der Waals surface area contributed by atoms with Gasteiger partial charge in [-0.05, 0) is 47.6 Å². The van der Waals surface area contributed by atoms with Gasteiger partial charge in [-0.3, -0.25) is 0 Å². The number of aliphatic hydroxyl groups is 1. The maximum atomic E-state index is 12.4. The molecule has 0 radical (unpaired) electrons. The molecule has 1 fully saturated rings. The van der Waals surface area contributed by atoms with Crippen LogP contribution in [0.2, 0.25) is 0 Å². The van der Waals surface area contributed by atoms with Crippen LogP contribution >= 0.6 is 0 Å². The first kappa shape index (κ1) is 18.5. The molecule has 0 bridgehead atoms. The average molecular weight is 361 g/mol. The predicted octanol–water partition coefficient (Wildman–Crippen LogP) is 6.33. The minimum absolute atomic E-state index is 0.161. The lowest BCUT2D eigenvalue weighted by Crippen LogP contribution is -2.41. The highest BCUT2D eigenvalue weighted by Gasteiger charge is 2.52. The van der Waals surface area contributed by atoms with Gasteiger partial charge in [0.2, 0.25) is 0 Å². The third-order valence-electron chi connectivity index (χ3n) is 6.49. The Kier molecular flexibility index (Phi) is 4.76. The van der Waals surface area contributed by atoms with Crippen LogP contribution in [0.25, 0.3) is 0 Å². The third kappa shape index (κ3) is 3.38. The van der Waals surface area contributed by atoms with E-state index in [4.69, 9.17) is 0 Å². The van der Waals surface area contributed by atoms with Crippen molar-refractivity contribution in [2.24, 2.45) is 23.2 Å². The molecule has 1 saturated carbocycles. The van der Waals surface area contributed by atoms with Gasteiger partial charge in [0.15, 0.2) is 0 Å². The summed E-state index contributed by atoms with van der Waals surface area (Å²) in [6.07, 6.45) is 7.36. The van der Waals surface area contributed by atoms with E-state index in [9.17, 15) is 5.11 Å². The van der Waals surface area contributed by atoms with Crippen molar-refractivity contribution in [3.8, 4) is 0 Å². The van der Waals surface area contributed by atoms with E-state index >= 15 is 0 Å². The van der Waals surface area contributed by atoms with Crippen molar-refractivity contribution >= 4 is 0 Å². The second kappa shape index (κ2) is 6.95. The van der Waals surface area contributed by atoms with Crippen molar-refractivity contribution in [3.63, 3.8) is 0 Å². The quantitative estimate of drug-likeness (QED) is 0.632. The van der Waals surface area contributed by atoms with E-state index < -0.39 is 5.60 Å². The first-order chi connectivity index (χ1) is 12.9. The van der Waals surface area contributed by atoms with Crippen molar-refractivity contribution in [1.82, 2.24) is 0 Å². The number of benzene rings is 2. The predicted molar refractivity (Wildman–Crippen MR) is 112 cm³/mol.